The van der Waals surface area contributed by atoms with Gasteiger partial charge < -0.3 is 0 Å². The second kappa shape index (κ2) is 5.96. The lowest BCUT2D eigenvalue weighted by molar-refractivity contribution is 0.541. The van der Waals surface area contributed by atoms with Crippen molar-refractivity contribution in [1.82, 2.24) is 5.43 Å². The number of hydrogen-bond donors (Lipinski definition) is 2. The van der Waals surface area contributed by atoms with Crippen LogP contribution in [0.25, 0.3) is 0 Å². The molecule has 3 rings (SSSR count). The number of nitrogens with two attached hydrogens (primary N) is 1. The van der Waals surface area contributed by atoms with Crippen molar-refractivity contribution in [3.8, 4) is 0 Å². The van der Waals surface area contributed by atoms with E-state index in [0.29, 0.717) is 0 Å². The summed E-state index contributed by atoms with van der Waals surface area (Å²) in [5.41, 5.74) is 9.00. The van der Waals surface area contributed by atoms with E-state index in [9.17, 15) is 4.39 Å². The van der Waals surface area contributed by atoms with Crippen molar-refractivity contribution in [1.29, 1.82) is 0 Å². The highest BCUT2D eigenvalue weighted by Crippen LogP contribution is 2.26. The lowest BCUT2D eigenvalue weighted by Gasteiger charge is -2.19. The van der Waals surface area contributed by atoms with Crippen molar-refractivity contribution in [2.45, 2.75) is 38.6 Å². The molecule has 21 heavy (non-hydrogen) atoms. The topological polar surface area (TPSA) is 38.0 Å². The number of benzene rings is 2. The molecule has 0 saturated carbocycles. The molecule has 110 valence electrons. The summed E-state index contributed by atoms with van der Waals surface area (Å²) in [4.78, 5) is 0. The third kappa shape index (κ3) is 2.99. The largest absolute Gasteiger partial charge is 0.271 e. The van der Waals surface area contributed by atoms with Crippen LogP contribution >= 0.6 is 0 Å². The van der Waals surface area contributed by atoms with E-state index in [2.05, 4.69) is 23.6 Å². The maximum Gasteiger partial charge on any atom is 0.123 e. The van der Waals surface area contributed by atoms with Crippen LogP contribution in [0.5, 0.6) is 0 Å². The Kier molecular flexibility index (Phi) is 4.04. The molecule has 2 nitrogen and oxygen atoms in total. The van der Waals surface area contributed by atoms with Gasteiger partial charge in [-0.2, -0.15) is 0 Å². The first-order valence-corrected chi connectivity index (χ1v) is 7.50. The molecule has 0 bridgehead atoms. The SMILES string of the molecule is Cc1ccc(F)cc1C(Cc1ccc2c(c1)CCC2)NN. The second-order valence-corrected chi connectivity index (χ2v) is 5.88. The van der Waals surface area contributed by atoms with E-state index in [1.165, 1.54) is 42.0 Å². The molecule has 0 heterocycles. The quantitative estimate of drug-likeness (QED) is 0.667. The van der Waals surface area contributed by atoms with E-state index in [1.807, 2.05) is 6.92 Å². The van der Waals surface area contributed by atoms with Gasteiger partial charge in [-0.25, -0.2) is 4.39 Å². The third-order valence-electron chi connectivity index (χ3n) is 4.42. The molecule has 1 atom stereocenters. The van der Waals surface area contributed by atoms with Gasteiger partial charge in [0.05, 0.1) is 6.04 Å². The van der Waals surface area contributed by atoms with E-state index < -0.39 is 0 Å². The molecule has 0 fully saturated rings. The number of aryl methyl sites for hydroxylation is 3. The van der Waals surface area contributed by atoms with Crippen LogP contribution in [0.3, 0.4) is 0 Å². The number of hydrazine groups is 1. The fourth-order valence-electron chi connectivity index (χ4n) is 3.23. The summed E-state index contributed by atoms with van der Waals surface area (Å²) in [5, 5.41) is 0. The Balaban J connectivity index is 1.86. The summed E-state index contributed by atoms with van der Waals surface area (Å²) in [6.45, 7) is 1.99. The molecular formula is C18H21FN2. The summed E-state index contributed by atoms with van der Waals surface area (Å²) in [7, 11) is 0. The van der Waals surface area contributed by atoms with Gasteiger partial charge in [-0.1, -0.05) is 24.3 Å². The zero-order chi connectivity index (χ0) is 14.8. The predicted molar refractivity (Wildman–Crippen MR) is 83.4 cm³/mol. The van der Waals surface area contributed by atoms with E-state index in [1.54, 1.807) is 12.1 Å². The maximum atomic E-state index is 13.5. The standard InChI is InChI=1S/C18H21FN2/c1-12-5-8-16(19)11-17(12)18(21-20)10-13-6-7-14-3-2-4-15(14)9-13/h5-9,11,18,21H,2-4,10,20H2,1H3. The summed E-state index contributed by atoms with van der Waals surface area (Å²) in [5.74, 6) is 5.49. The summed E-state index contributed by atoms with van der Waals surface area (Å²) >= 11 is 0. The van der Waals surface area contributed by atoms with Crippen LogP contribution in [-0.2, 0) is 19.3 Å². The van der Waals surface area contributed by atoms with Gasteiger partial charge in [-0.05, 0) is 72.6 Å². The smallest absolute Gasteiger partial charge is 0.123 e. The van der Waals surface area contributed by atoms with Crippen LogP contribution in [0.4, 0.5) is 4.39 Å². The highest BCUT2D eigenvalue weighted by Gasteiger charge is 2.16. The van der Waals surface area contributed by atoms with E-state index in [4.69, 9.17) is 5.84 Å². The molecule has 0 aromatic heterocycles. The lowest BCUT2D eigenvalue weighted by Crippen LogP contribution is -2.30. The molecule has 1 aliphatic carbocycles. The molecule has 2 aromatic rings. The van der Waals surface area contributed by atoms with Crippen LogP contribution in [0.2, 0.25) is 0 Å². The van der Waals surface area contributed by atoms with Crippen molar-refractivity contribution in [3.63, 3.8) is 0 Å². The van der Waals surface area contributed by atoms with Gasteiger partial charge in [0.25, 0.3) is 0 Å². The van der Waals surface area contributed by atoms with E-state index in [0.717, 1.165) is 17.5 Å². The Labute approximate surface area is 125 Å². The monoisotopic (exact) mass is 284 g/mol. The third-order valence-corrected chi connectivity index (χ3v) is 4.42. The van der Waals surface area contributed by atoms with Crippen LogP contribution in [0.15, 0.2) is 36.4 Å². The Morgan fingerprint density at radius 3 is 2.76 bits per heavy atom. The van der Waals surface area contributed by atoms with Gasteiger partial charge >= 0.3 is 0 Å². The van der Waals surface area contributed by atoms with Crippen LogP contribution in [0, 0.1) is 12.7 Å². The lowest BCUT2D eigenvalue weighted by atomic mass is 9.94. The van der Waals surface area contributed by atoms with Gasteiger partial charge in [-0.3, -0.25) is 11.3 Å². The molecular weight excluding hydrogens is 263 g/mol. The Morgan fingerprint density at radius 1 is 1.14 bits per heavy atom. The molecule has 0 saturated heterocycles. The highest BCUT2D eigenvalue weighted by atomic mass is 19.1. The number of fused-ring (bicyclic) bond motifs is 1. The highest BCUT2D eigenvalue weighted by molar-refractivity contribution is 5.37. The summed E-state index contributed by atoms with van der Waals surface area (Å²) in [6.07, 6.45) is 4.38. The zero-order valence-corrected chi connectivity index (χ0v) is 12.3. The van der Waals surface area contributed by atoms with Gasteiger partial charge in [0.15, 0.2) is 0 Å². The minimum Gasteiger partial charge on any atom is -0.271 e. The molecule has 1 unspecified atom stereocenters. The van der Waals surface area contributed by atoms with E-state index >= 15 is 0 Å². The average molecular weight is 284 g/mol. The molecule has 2 aromatic carbocycles. The molecule has 0 spiro atoms. The first-order valence-electron chi connectivity index (χ1n) is 7.50. The van der Waals surface area contributed by atoms with Crippen molar-refractivity contribution < 1.29 is 4.39 Å². The molecule has 1 aliphatic rings. The number of nitrogens with one attached hydrogen (secondary N) is 1. The number of halogens is 1. The van der Waals surface area contributed by atoms with Gasteiger partial charge in [0.1, 0.15) is 5.82 Å². The van der Waals surface area contributed by atoms with Gasteiger partial charge in [0, 0.05) is 0 Å². The molecule has 3 N–H and O–H groups in total. The number of hydrogen-bond acceptors (Lipinski definition) is 2. The minimum atomic E-state index is -0.218. The Morgan fingerprint density at radius 2 is 1.95 bits per heavy atom. The van der Waals surface area contributed by atoms with Crippen molar-refractivity contribution >= 4 is 0 Å². The predicted octanol–water partition coefficient (Wildman–Crippen LogP) is 3.37. The molecule has 0 radical (unpaired) electrons. The fraction of sp³-hybridized carbons (Fsp3) is 0.333. The van der Waals surface area contributed by atoms with Gasteiger partial charge in [0.2, 0.25) is 0 Å². The first kappa shape index (κ1) is 14.2. The Hall–Kier alpha value is -1.71. The van der Waals surface area contributed by atoms with Crippen LogP contribution in [0.1, 0.15) is 40.3 Å². The van der Waals surface area contributed by atoms with Crippen molar-refractivity contribution in [2.75, 3.05) is 0 Å². The normalized spacial score (nSPS) is 15.0. The van der Waals surface area contributed by atoms with Gasteiger partial charge in [-0.15, -0.1) is 0 Å². The fourth-order valence-corrected chi connectivity index (χ4v) is 3.23. The summed E-state index contributed by atoms with van der Waals surface area (Å²) in [6, 6.07) is 11.5. The first-order chi connectivity index (χ1) is 10.2. The maximum absolute atomic E-state index is 13.5. The zero-order valence-electron chi connectivity index (χ0n) is 12.3. The van der Waals surface area contributed by atoms with Crippen LogP contribution < -0.4 is 11.3 Å². The summed E-state index contributed by atoms with van der Waals surface area (Å²) < 4.78 is 13.5. The average Bonchev–Trinajstić information content (AvgIpc) is 2.95. The second-order valence-electron chi connectivity index (χ2n) is 5.88. The Bertz CT molecular complexity index is 652. The minimum absolute atomic E-state index is 0.0693. The molecule has 3 heteroatoms. The van der Waals surface area contributed by atoms with Crippen molar-refractivity contribution in [3.05, 3.63) is 70.0 Å². The molecule has 0 aliphatic heterocycles. The van der Waals surface area contributed by atoms with Crippen LogP contribution in [-0.4, -0.2) is 0 Å². The van der Waals surface area contributed by atoms with E-state index in [-0.39, 0.29) is 11.9 Å². The molecule has 0 amide bonds. The van der Waals surface area contributed by atoms with Crippen molar-refractivity contribution in [2.24, 2.45) is 5.84 Å². The number of rotatable bonds is 4.